The number of nitrogens with zero attached hydrogens (tertiary/aromatic N) is 1. The molecular weight excluding hydrogens is 248 g/mol. The molecule has 100 valence electrons. The molecule has 2 aromatic rings. The van der Waals surface area contributed by atoms with Gasteiger partial charge in [-0.2, -0.15) is 0 Å². The van der Waals surface area contributed by atoms with Gasteiger partial charge >= 0.3 is 0 Å². The second-order valence-corrected chi connectivity index (χ2v) is 4.29. The SMILES string of the molecule is CN(C(=O)c1cccc(C#CCN)c1)c1ccccc1. The van der Waals surface area contributed by atoms with Crippen molar-refractivity contribution in [3.63, 3.8) is 0 Å². The van der Waals surface area contributed by atoms with Gasteiger partial charge in [-0.15, -0.1) is 0 Å². The number of hydrogen-bond donors (Lipinski definition) is 1. The van der Waals surface area contributed by atoms with Crippen molar-refractivity contribution in [2.45, 2.75) is 0 Å². The lowest BCUT2D eigenvalue weighted by molar-refractivity contribution is 0.0993. The monoisotopic (exact) mass is 264 g/mol. The maximum absolute atomic E-state index is 12.4. The van der Waals surface area contributed by atoms with Gasteiger partial charge in [0.15, 0.2) is 0 Å². The van der Waals surface area contributed by atoms with E-state index in [4.69, 9.17) is 5.73 Å². The van der Waals surface area contributed by atoms with Gasteiger partial charge in [0.2, 0.25) is 0 Å². The third-order valence-corrected chi connectivity index (χ3v) is 2.89. The summed E-state index contributed by atoms with van der Waals surface area (Å²) in [6.45, 7) is 0.308. The smallest absolute Gasteiger partial charge is 0.258 e. The van der Waals surface area contributed by atoms with Crippen molar-refractivity contribution in [2.75, 3.05) is 18.5 Å². The Morgan fingerprint density at radius 1 is 1.15 bits per heavy atom. The minimum absolute atomic E-state index is 0.0624. The highest BCUT2D eigenvalue weighted by Crippen LogP contribution is 2.15. The highest BCUT2D eigenvalue weighted by atomic mass is 16.2. The van der Waals surface area contributed by atoms with Crippen molar-refractivity contribution < 1.29 is 4.79 Å². The summed E-state index contributed by atoms with van der Waals surface area (Å²) in [4.78, 5) is 14.0. The highest BCUT2D eigenvalue weighted by molar-refractivity contribution is 6.05. The first-order chi connectivity index (χ1) is 9.72. The first-order valence-corrected chi connectivity index (χ1v) is 6.34. The standard InChI is InChI=1S/C17H16N2O/c1-19(16-10-3-2-4-11-16)17(20)15-9-5-7-14(13-15)8-6-12-18/h2-5,7,9-11,13H,12,18H2,1H3. The van der Waals surface area contributed by atoms with Gasteiger partial charge in [-0.25, -0.2) is 0 Å². The molecule has 0 aliphatic carbocycles. The third-order valence-electron chi connectivity index (χ3n) is 2.89. The van der Waals surface area contributed by atoms with Gasteiger partial charge in [0.05, 0.1) is 6.54 Å². The van der Waals surface area contributed by atoms with E-state index in [1.165, 1.54) is 0 Å². The first kappa shape index (κ1) is 13.9. The molecule has 0 spiro atoms. The van der Waals surface area contributed by atoms with Crippen LogP contribution in [-0.2, 0) is 0 Å². The third kappa shape index (κ3) is 3.25. The van der Waals surface area contributed by atoms with E-state index in [-0.39, 0.29) is 5.91 Å². The normalized spacial score (nSPS) is 9.50. The van der Waals surface area contributed by atoms with Crippen LogP contribution >= 0.6 is 0 Å². The summed E-state index contributed by atoms with van der Waals surface area (Å²) in [5.74, 6) is 5.65. The van der Waals surface area contributed by atoms with Gasteiger partial charge < -0.3 is 10.6 Å². The molecule has 0 aliphatic heterocycles. The average molecular weight is 264 g/mol. The molecule has 0 bridgehead atoms. The second kappa shape index (κ2) is 6.55. The number of nitrogens with two attached hydrogens (primary N) is 1. The van der Waals surface area contributed by atoms with Crippen LogP contribution in [0.2, 0.25) is 0 Å². The maximum Gasteiger partial charge on any atom is 0.258 e. The topological polar surface area (TPSA) is 46.3 Å². The van der Waals surface area contributed by atoms with E-state index in [1.54, 1.807) is 24.1 Å². The summed E-state index contributed by atoms with van der Waals surface area (Å²) in [7, 11) is 1.76. The fraction of sp³-hybridized carbons (Fsp3) is 0.118. The summed E-state index contributed by atoms with van der Waals surface area (Å²) < 4.78 is 0. The van der Waals surface area contributed by atoms with E-state index in [0.29, 0.717) is 12.1 Å². The van der Waals surface area contributed by atoms with Gasteiger partial charge in [0.25, 0.3) is 5.91 Å². The molecule has 2 rings (SSSR count). The number of benzene rings is 2. The van der Waals surface area contributed by atoms with Gasteiger partial charge in [0, 0.05) is 23.9 Å². The predicted molar refractivity (Wildman–Crippen MR) is 81.5 cm³/mol. The Kier molecular flexibility index (Phi) is 4.54. The molecule has 0 radical (unpaired) electrons. The van der Waals surface area contributed by atoms with Crippen LogP contribution in [0.1, 0.15) is 15.9 Å². The number of anilines is 1. The summed E-state index contributed by atoms with van der Waals surface area (Å²) in [6, 6.07) is 16.8. The van der Waals surface area contributed by atoms with E-state index in [0.717, 1.165) is 11.3 Å². The average Bonchev–Trinajstić information content (AvgIpc) is 2.52. The lowest BCUT2D eigenvalue weighted by Gasteiger charge is -2.17. The Morgan fingerprint density at radius 3 is 2.60 bits per heavy atom. The van der Waals surface area contributed by atoms with E-state index in [2.05, 4.69) is 11.8 Å². The summed E-state index contributed by atoms with van der Waals surface area (Å²) >= 11 is 0. The maximum atomic E-state index is 12.4. The fourth-order valence-electron chi connectivity index (χ4n) is 1.85. The summed E-state index contributed by atoms with van der Waals surface area (Å²) in [5, 5.41) is 0. The zero-order valence-corrected chi connectivity index (χ0v) is 11.3. The molecule has 0 saturated carbocycles. The van der Waals surface area contributed by atoms with Crippen molar-refractivity contribution in [3.05, 3.63) is 65.7 Å². The molecule has 20 heavy (non-hydrogen) atoms. The number of hydrogen-bond acceptors (Lipinski definition) is 2. The van der Waals surface area contributed by atoms with Crippen LogP contribution in [0.15, 0.2) is 54.6 Å². The largest absolute Gasteiger partial charge is 0.320 e. The molecule has 0 aliphatic rings. The van der Waals surface area contributed by atoms with E-state index < -0.39 is 0 Å². The molecule has 0 unspecified atom stereocenters. The number of amides is 1. The molecule has 0 fully saturated rings. The molecule has 2 N–H and O–H groups in total. The summed E-state index contributed by atoms with van der Waals surface area (Å²) in [5.41, 5.74) is 7.61. The molecule has 2 aromatic carbocycles. The van der Waals surface area contributed by atoms with Crippen molar-refractivity contribution in [1.82, 2.24) is 0 Å². The van der Waals surface area contributed by atoms with Crippen LogP contribution < -0.4 is 10.6 Å². The van der Waals surface area contributed by atoms with Crippen LogP contribution in [0.4, 0.5) is 5.69 Å². The van der Waals surface area contributed by atoms with Crippen LogP contribution in [0, 0.1) is 11.8 Å². The zero-order valence-electron chi connectivity index (χ0n) is 11.3. The van der Waals surface area contributed by atoms with Crippen molar-refractivity contribution in [3.8, 4) is 11.8 Å². The van der Waals surface area contributed by atoms with Gasteiger partial charge in [0.1, 0.15) is 0 Å². The number of rotatable bonds is 2. The Bertz CT molecular complexity index is 653. The Balaban J connectivity index is 2.25. The first-order valence-electron chi connectivity index (χ1n) is 6.34. The lowest BCUT2D eigenvalue weighted by Crippen LogP contribution is -2.26. The van der Waals surface area contributed by atoms with E-state index in [1.807, 2.05) is 42.5 Å². The van der Waals surface area contributed by atoms with Gasteiger partial charge in [-0.1, -0.05) is 36.1 Å². The van der Waals surface area contributed by atoms with E-state index in [9.17, 15) is 4.79 Å². The van der Waals surface area contributed by atoms with Gasteiger partial charge in [-0.3, -0.25) is 4.79 Å². The predicted octanol–water partition coefficient (Wildman–Crippen LogP) is 2.27. The van der Waals surface area contributed by atoms with Crippen LogP contribution in [0.25, 0.3) is 0 Å². The minimum atomic E-state index is -0.0624. The number of carbonyl (C=O) groups excluding carboxylic acids is 1. The molecule has 1 amide bonds. The molecule has 3 heteroatoms. The molecule has 0 atom stereocenters. The van der Waals surface area contributed by atoms with Crippen molar-refractivity contribution >= 4 is 11.6 Å². The molecule has 3 nitrogen and oxygen atoms in total. The van der Waals surface area contributed by atoms with Gasteiger partial charge in [-0.05, 0) is 30.3 Å². The molecule has 0 heterocycles. The van der Waals surface area contributed by atoms with Crippen LogP contribution in [0.3, 0.4) is 0 Å². The molecule has 0 saturated heterocycles. The lowest BCUT2D eigenvalue weighted by atomic mass is 10.1. The summed E-state index contributed by atoms with van der Waals surface area (Å²) in [6.07, 6.45) is 0. The van der Waals surface area contributed by atoms with Crippen molar-refractivity contribution in [1.29, 1.82) is 0 Å². The minimum Gasteiger partial charge on any atom is -0.320 e. The quantitative estimate of drug-likeness (QED) is 0.846. The van der Waals surface area contributed by atoms with Crippen LogP contribution in [0.5, 0.6) is 0 Å². The fourth-order valence-corrected chi connectivity index (χ4v) is 1.85. The zero-order chi connectivity index (χ0) is 14.4. The van der Waals surface area contributed by atoms with Crippen LogP contribution in [-0.4, -0.2) is 19.5 Å². The Labute approximate surface area is 119 Å². The Morgan fingerprint density at radius 2 is 1.90 bits per heavy atom. The number of para-hydroxylation sites is 1. The molecule has 0 aromatic heterocycles. The Hall–Kier alpha value is -2.57. The highest BCUT2D eigenvalue weighted by Gasteiger charge is 2.13. The number of carbonyl (C=O) groups is 1. The van der Waals surface area contributed by atoms with E-state index >= 15 is 0 Å². The molecular formula is C17H16N2O. The second-order valence-electron chi connectivity index (χ2n) is 4.29. The van der Waals surface area contributed by atoms with Crippen molar-refractivity contribution in [2.24, 2.45) is 5.73 Å².